The summed E-state index contributed by atoms with van der Waals surface area (Å²) in [5.74, 6) is -1.69. The summed E-state index contributed by atoms with van der Waals surface area (Å²) < 4.78 is 40.7. The second-order valence-corrected chi connectivity index (χ2v) is 10.1. The monoisotopic (exact) mass is 490 g/mol. The first-order valence-electron chi connectivity index (χ1n) is 11.1. The Morgan fingerprint density at radius 2 is 1.59 bits per heavy atom. The molecule has 2 fully saturated rings. The minimum absolute atomic E-state index is 0.0737. The average Bonchev–Trinajstić information content (AvgIpc) is 3.35. The number of carbonyl (C=O) groups is 2. The van der Waals surface area contributed by atoms with Gasteiger partial charge in [0.1, 0.15) is 5.82 Å². The van der Waals surface area contributed by atoms with Gasteiger partial charge in [-0.25, -0.2) is 17.6 Å². The molecule has 2 aromatic carbocycles. The Labute approximate surface area is 197 Å². The summed E-state index contributed by atoms with van der Waals surface area (Å²) in [6, 6.07) is 8.79. The Morgan fingerprint density at radius 1 is 0.941 bits per heavy atom. The van der Waals surface area contributed by atoms with E-state index in [0.717, 1.165) is 50.2 Å². The molecular formula is C23H27FN4O5S. The fourth-order valence-electron chi connectivity index (χ4n) is 4.23. The molecule has 0 unspecified atom stereocenters. The van der Waals surface area contributed by atoms with Gasteiger partial charge in [0.05, 0.1) is 22.7 Å². The summed E-state index contributed by atoms with van der Waals surface area (Å²) in [5, 5.41) is 9.68. The summed E-state index contributed by atoms with van der Waals surface area (Å²) in [6.07, 6.45) is 2.11. The highest BCUT2D eigenvalue weighted by molar-refractivity contribution is 7.92. The number of sulfonamides is 1. The first-order chi connectivity index (χ1) is 16.2. The molecule has 2 saturated heterocycles. The van der Waals surface area contributed by atoms with Gasteiger partial charge < -0.3 is 14.9 Å². The van der Waals surface area contributed by atoms with Gasteiger partial charge in [-0.05, 0) is 55.3 Å². The van der Waals surface area contributed by atoms with Crippen LogP contribution < -0.4 is 9.62 Å². The first kappa shape index (κ1) is 24.0. The topological polar surface area (TPSA) is 110 Å². The molecule has 0 atom stereocenters. The smallest absolute Gasteiger partial charge is 0.337 e. The van der Waals surface area contributed by atoms with Gasteiger partial charge in [-0.2, -0.15) is 0 Å². The molecule has 182 valence electrons. The van der Waals surface area contributed by atoms with Crippen LogP contribution in [0, 0.1) is 5.82 Å². The largest absolute Gasteiger partial charge is 0.478 e. The van der Waals surface area contributed by atoms with Crippen molar-refractivity contribution in [3.05, 3.63) is 53.8 Å². The highest BCUT2D eigenvalue weighted by atomic mass is 32.2. The number of likely N-dealkylation sites (tertiary alicyclic amines) is 1. The maximum absolute atomic E-state index is 13.1. The molecule has 0 aromatic heterocycles. The quantitative estimate of drug-likeness (QED) is 0.611. The van der Waals surface area contributed by atoms with Crippen LogP contribution in [0.3, 0.4) is 0 Å². The van der Waals surface area contributed by atoms with E-state index in [2.05, 4.69) is 9.62 Å². The van der Waals surface area contributed by atoms with Crippen LogP contribution in [0.2, 0.25) is 0 Å². The van der Waals surface area contributed by atoms with Gasteiger partial charge >= 0.3 is 5.97 Å². The predicted octanol–water partition coefficient (Wildman–Crippen LogP) is 2.07. The SMILES string of the molecule is O=C(O)c1cc(N2CCN(CC(=O)N3CCCC3)CC2)ccc1NS(=O)(=O)c1ccc(F)cc1. The summed E-state index contributed by atoms with van der Waals surface area (Å²) in [6.45, 7) is 4.61. The Balaban J connectivity index is 1.43. The third kappa shape index (κ3) is 5.48. The highest BCUT2D eigenvalue weighted by Gasteiger charge is 2.25. The fraction of sp³-hybridized carbons (Fsp3) is 0.391. The number of aromatic carboxylic acids is 1. The number of nitrogens with zero attached hydrogens (tertiary/aromatic N) is 3. The lowest BCUT2D eigenvalue weighted by molar-refractivity contribution is -0.131. The van der Waals surface area contributed by atoms with Crippen molar-refractivity contribution in [1.82, 2.24) is 9.80 Å². The first-order valence-corrected chi connectivity index (χ1v) is 12.6. The molecule has 0 spiro atoms. The number of piperazine rings is 1. The number of anilines is 2. The van der Waals surface area contributed by atoms with Gasteiger partial charge in [0.2, 0.25) is 5.91 Å². The van der Waals surface area contributed by atoms with Crippen LogP contribution in [-0.2, 0) is 14.8 Å². The molecular weight excluding hydrogens is 463 g/mol. The van der Waals surface area contributed by atoms with Crippen LogP contribution in [0.5, 0.6) is 0 Å². The predicted molar refractivity (Wildman–Crippen MR) is 125 cm³/mol. The number of carboxylic acid groups (broad SMARTS) is 1. The van der Waals surface area contributed by atoms with Crippen molar-refractivity contribution in [1.29, 1.82) is 0 Å². The zero-order chi connectivity index (χ0) is 24.3. The molecule has 2 heterocycles. The Bertz CT molecular complexity index is 1160. The number of hydrogen-bond donors (Lipinski definition) is 2. The van der Waals surface area contributed by atoms with E-state index in [9.17, 15) is 27.5 Å². The maximum atomic E-state index is 13.1. The van der Waals surface area contributed by atoms with Gasteiger partial charge in [-0.1, -0.05) is 0 Å². The van der Waals surface area contributed by atoms with Crippen molar-refractivity contribution in [2.45, 2.75) is 17.7 Å². The number of hydrogen-bond acceptors (Lipinski definition) is 6. The Morgan fingerprint density at radius 3 is 2.21 bits per heavy atom. The van der Waals surface area contributed by atoms with E-state index in [-0.39, 0.29) is 22.1 Å². The van der Waals surface area contributed by atoms with Crippen molar-refractivity contribution >= 4 is 33.3 Å². The summed E-state index contributed by atoms with van der Waals surface area (Å²) >= 11 is 0. The Hall–Kier alpha value is -3.18. The normalized spacial score (nSPS) is 17.1. The molecule has 0 radical (unpaired) electrons. The van der Waals surface area contributed by atoms with E-state index in [1.165, 1.54) is 12.1 Å². The fourth-order valence-corrected chi connectivity index (χ4v) is 5.31. The number of rotatable bonds is 7. The molecule has 0 bridgehead atoms. The molecule has 2 aliphatic rings. The molecule has 0 aliphatic carbocycles. The molecule has 9 nitrogen and oxygen atoms in total. The van der Waals surface area contributed by atoms with E-state index in [1.807, 2.05) is 9.80 Å². The van der Waals surface area contributed by atoms with Gasteiger partial charge in [-0.3, -0.25) is 14.4 Å². The summed E-state index contributed by atoms with van der Waals surface area (Å²) in [4.78, 5) is 30.1. The van der Waals surface area contributed by atoms with Crippen LogP contribution >= 0.6 is 0 Å². The van der Waals surface area contributed by atoms with Crippen LogP contribution in [0.25, 0.3) is 0 Å². The van der Waals surface area contributed by atoms with Gasteiger partial charge in [0, 0.05) is 45.0 Å². The third-order valence-electron chi connectivity index (χ3n) is 6.16. The van der Waals surface area contributed by atoms with Gasteiger partial charge in [0.15, 0.2) is 0 Å². The number of amides is 1. The molecule has 1 amide bonds. The minimum Gasteiger partial charge on any atom is -0.478 e. The molecule has 2 aromatic rings. The second-order valence-electron chi connectivity index (χ2n) is 8.45. The highest BCUT2D eigenvalue weighted by Crippen LogP contribution is 2.27. The van der Waals surface area contributed by atoms with E-state index < -0.39 is 21.8 Å². The average molecular weight is 491 g/mol. The van der Waals surface area contributed by atoms with Crippen molar-refractivity contribution in [3.63, 3.8) is 0 Å². The molecule has 11 heteroatoms. The lowest BCUT2D eigenvalue weighted by atomic mass is 10.1. The molecule has 2 aliphatic heterocycles. The molecule has 0 saturated carbocycles. The number of nitrogens with one attached hydrogen (secondary N) is 1. The van der Waals surface area contributed by atoms with Crippen molar-refractivity contribution in [2.24, 2.45) is 0 Å². The minimum atomic E-state index is -4.09. The van der Waals surface area contributed by atoms with Crippen molar-refractivity contribution in [3.8, 4) is 0 Å². The zero-order valence-corrected chi connectivity index (χ0v) is 19.4. The number of carbonyl (C=O) groups excluding carboxylic acids is 1. The van der Waals surface area contributed by atoms with E-state index in [0.29, 0.717) is 38.4 Å². The molecule has 4 rings (SSSR count). The van der Waals surface area contributed by atoms with E-state index >= 15 is 0 Å². The standard InChI is InChI=1S/C23H27FN4O5S/c24-17-3-6-19(7-4-17)34(32,33)25-21-8-5-18(15-20(21)23(30)31)27-13-11-26(12-14-27)16-22(29)28-9-1-2-10-28/h3-8,15,25H,1-2,9-14,16H2,(H,30,31). The van der Waals surface area contributed by atoms with Gasteiger partial charge in [-0.15, -0.1) is 0 Å². The lowest BCUT2D eigenvalue weighted by Crippen LogP contribution is -2.49. The van der Waals surface area contributed by atoms with Crippen molar-refractivity contribution < 1.29 is 27.5 Å². The lowest BCUT2D eigenvalue weighted by Gasteiger charge is -2.36. The van der Waals surface area contributed by atoms with E-state index in [1.54, 1.807) is 6.07 Å². The van der Waals surface area contributed by atoms with E-state index in [4.69, 9.17) is 0 Å². The maximum Gasteiger partial charge on any atom is 0.337 e. The van der Waals surface area contributed by atoms with Crippen LogP contribution in [-0.4, -0.2) is 81.0 Å². The molecule has 34 heavy (non-hydrogen) atoms. The Kier molecular flexibility index (Phi) is 7.03. The molecule has 2 N–H and O–H groups in total. The number of carboxylic acids is 1. The van der Waals surface area contributed by atoms with Crippen LogP contribution in [0.15, 0.2) is 47.4 Å². The van der Waals surface area contributed by atoms with Crippen molar-refractivity contribution in [2.75, 3.05) is 55.4 Å². The number of benzene rings is 2. The van der Waals surface area contributed by atoms with Crippen LogP contribution in [0.4, 0.5) is 15.8 Å². The third-order valence-corrected chi connectivity index (χ3v) is 7.54. The summed E-state index contributed by atoms with van der Waals surface area (Å²) in [7, 11) is -4.09. The number of halogens is 1. The van der Waals surface area contributed by atoms with Gasteiger partial charge in [0.25, 0.3) is 10.0 Å². The second kappa shape index (κ2) is 9.98. The zero-order valence-electron chi connectivity index (χ0n) is 18.6. The summed E-state index contributed by atoms with van der Waals surface area (Å²) in [5.41, 5.74) is 0.401. The van der Waals surface area contributed by atoms with Crippen LogP contribution in [0.1, 0.15) is 23.2 Å².